The fourth-order valence-corrected chi connectivity index (χ4v) is 2.80. The van der Waals surface area contributed by atoms with Crippen molar-refractivity contribution in [3.05, 3.63) is 0 Å². The molecule has 0 aromatic carbocycles. The highest BCUT2D eigenvalue weighted by molar-refractivity contribution is 5.67. The van der Waals surface area contributed by atoms with E-state index in [9.17, 15) is 4.79 Å². The standard InChI is InChI=1S/C10H17NO2/c12-10(13)6-8-5-7-3-1-2-4-9(7)11-8/h7-9,11H,1-6H2,(H,12,13)/t7-,8?,9+/m1/s1. The van der Waals surface area contributed by atoms with Crippen molar-refractivity contribution in [3.8, 4) is 0 Å². The maximum atomic E-state index is 10.5. The van der Waals surface area contributed by atoms with E-state index in [-0.39, 0.29) is 6.04 Å². The number of rotatable bonds is 2. The predicted molar refractivity (Wildman–Crippen MR) is 49.5 cm³/mol. The molecule has 2 N–H and O–H groups in total. The summed E-state index contributed by atoms with van der Waals surface area (Å²) in [7, 11) is 0. The normalized spacial score (nSPS) is 38.6. The SMILES string of the molecule is O=C(O)CC1C[C@H]2CCCC[C@@H]2N1. The lowest BCUT2D eigenvalue weighted by atomic mass is 9.85. The zero-order chi connectivity index (χ0) is 9.26. The molecule has 2 fully saturated rings. The van der Waals surface area contributed by atoms with E-state index in [2.05, 4.69) is 5.32 Å². The molecule has 1 saturated heterocycles. The van der Waals surface area contributed by atoms with Crippen molar-refractivity contribution >= 4 is 5.97 Å². The first-order valence-electron chi connectivity index (χ1n) is 5.23. The van der Waals surface area contributed by atoms with Gasteiger partial charge in [-0.2, -0.15) is 0 Å². The van der Waals surface area contributed by atoms with E-state index in [4.69, 9.17) is 5.11 Å². The van der Waals surface area contributed by atoms with E-state index < -0.39 is 5.97 Å². The topological polar surface area (TPSA) is 49.3 Å². The Kier molecular flexibility index (Phi) is 2.54. The van der Waals surface area contributed by atoms with Gasteiger partial charge >= 0.3 is 5.97 Å². The van der Waals surface area contributed by atoms with E-state index in [1.54, 1.807) is 0 Å². The first-order chi connectivity index (χ1) is 6.25. The van der Waals surface area contributed by atoms with Gasteiger partial charge in [-0.1, -0.05) is 12.8 Å². The second kappa shape index (κ2) is 3.66. The van der Waals surface area contributed by atoms with Gasteiger partial charge in [0.15, 0.2) is 0 Å². The molecule has 3 atom stereocenters. The molecule has 3 heteroatoms. The van der Waals surface area contributed by atoms with Crippen molar-refractivity contribution in [3.63, 3.8) is 0 Å². The molecule has 1 aliphatic heterocycles. The minimum Gasteiger partial charge on any atom is -0.481 e. The van der Waals surface area contributed by atoms with Crippen LogP contribution in [0.3, 0.4) is 0 Å². The number of fused-ring (bicyclic) bond motifs is 1. The van der Waals surface area contributed by atoms with Gasteiger partial charge in [0.2, 0.25) is 0 Å². The smallest absolute Gasteiger partial charge is 0.304 e. The van der Waals surface area contributed by atoms with Crippen molar-refractivity contribution in [1.29, 1.82) is 0 Å². The second-order valence-corrected chi connectivity index (χ2v) is 4.35. The van der Waals surface area contributed by atoms with E-state index >= 15 is 0 Å². The lowest BCUT2D eigenvalue weighted by molar-refractivity contribution is -0.137. The monoisotopic (exact) mass is 183 g/mol. The highest BCUT2D eigenvalue weighted by Gasteiger charge is 2.35. The number of aliphatic carboxylic acids is 1. The van der Waals surface area contributed by atoms with Crippen LogP contribution in [0.2, 0.25) is 0 Å². The quantitative estimate of drug-likeness (QED) is 0.680. The van der Waals surface area contributed by atoms with Gasteiger partial charge in [-0.25, -0.2) is 0 Å². The molecule has 74 valence electrons. The summed E-state index contributed by atoms with van der Waals surface area (Å²) >= 11 is 0. The predicted octanol–water partition coefficient (Wildman–Crippen LogP) is 1.38. The third kappa shape index (κ3) is 2.02. The van der Waals surface area contributed by atoms with Gasteiger partial charge in [0.1, 0.15) is 0 Å². The van der Waals surface area contributed by atoms with Gasteiger partial charge < -0.3 is 10.4 Å². The summed E-state index contributed by atoms with van der Waals surface area (Å²) in [4.78, 5) is 10.5. The summed E-state index contributed by atoms with van der Waals surface area (Å²) in [6, 6.07) is 0.865. The number of carboxylic acid groups (broad SMARTS) is 1. The number of nitrogens with one attached hydrogen (secondary N) is 1. The Balaban J connectivity index is 1.87. The first kappa shape index (κ1) is 9.00. The molecule has 0 aromatic heterocycles. The van der Waals surface area contributed by atoms with Gasteiger partial charge in [-0.3, -0.25) is 4.79 Å². The van der Waals surface area contributed by atoms with Crippen LogP contribution in [-0.4, -0.2) is 23.2 Å². The van der Waals surface area contributed by atoms with E-state index in [1.165, 1.54) is 25.7 Å². The molecule has 2 rings (SSSR count). The molecule has 0 aromatic rings. The van der Waals surface area contributed by atoms with Crippen LogP contribution in [-0.2, 0) is 4.79 Å². The largest absolute Gasteiger partial charge is 0.481 e. The highest BCUT2D eigenvalue weighted by Crippen LogP contribution is 2.33. The average molecular weight is 183 g/mol. The Morgan fingerprint density at radius 2 is 2.15 bits per heavy atom. The molecule has 1 saturated carbocycles. The molecule has 0 bridgehead atoms. The highest BCUT2D eigenvalue weighted by atomic mass is 16.4. The van der Waals surface area contributed by atoms with Gasteiger partial charge in [-0.15, -0.1) is 0 Å². The zero-order valence-corrected chi connectivity index (χ0v) is 7.83. The fourth-order valence-electron chi connectivity index (χ4n) is 2.80. The van der Waals surface area contributed by atoms with Crippen LogP contribution in [0.5, 0.6) is 0 Å². The van der Waals surface area contributed by atoms with Crippen molar-refractivity contribution in [2.45, 2.75) is 50.6 Å². The third-order valence-corrected chi connectivity index (χ3v) is 3.37. The average Bonchev–Trinajstić information content (AvgIpc) is 2.44. The molecule has 2 aliphatic rings. The van der Waals surface area contributed by atoms with E-state index in [0.29, 0.717) is 12.5 Å². The van der Waals surface area contributed by atoms with Crippen LogP contribution < -0.4 is 5.32 Å². The summed E-state index contributed by atoms with van der Waals surface area (Å²) in [5.41, 5.74) is 0. The van der Waals surface area contributed by atoms with Crippen LogP contribution in [0.4, 0.5) is 0 Å². The number of carboxylic acids is 1. The second-order valence-electron chi connectivity index (χ2n) is 4.35. The molecule has 1 heterocycles. The summed E-state index contributed by atoms with van der Waals surface area (Å²) in [5, 5.41) is 12.1. The molecular weight excluding hydrogens is 166 g/mol. The van der Waals surface area contributed by atoms with Crippen molar-refractivity contribution < 1.29 is 9.90 Å². The first-order valence-corrected chi connectivity index (χ1v) is 5.23. The Labute approximate surface area is 78.5 Å². The minimum atomic E-state index is -0.670. The van der Waals surface area contributed by atoms with Gasteiger partial charge in [-0.05, 0) is 25.2 Å². The Morgan fingerprint density at radius 3 is 2.85 bits per heavy atom. The van der Waals surface area contributed by atoms with Crippen LogP contribution in [0.15, 0.2) is 0 Å². The molecular formula is C10H17NO2. The van der Waals surface area contributed by atoms with Crippen molar-refractivity contribution in [2.24, 2.45) is 5.92 Å². The third-order valence-electron chi connectivity index (χ3n) is 3.37. The number of carbonyl (C=O) groups is 1. The van der Waals surface area contributed by atoms with Gasteiger partial charge in [0, 0.05) is 12.1 Å². The van der Waals surface area contributed by atoms with E-state index in [1.807, 2.05) is 0 Å². The number of hydrogen-bond acceptors (Lipinski definition) is 2. The van der Waals surface area contributed by atoms with Crippen LogP contribution >= 0.6 is 0 Å². The van der Waals surface area contributed by atoms with Gasteiger partial charge in [0.25, 0.3) is 0 Å². The minimum absolute atomic E-state index is 0.241. The van der Waals surface area contributed by atoms with Crippen molar-refractivity contribution in [2.75, 3.05) is 0 Å². The van der Waals surface area contributed by atoms with E-state index in [0.717, 1.165) is 12.3 Å². The Morgan fingerprint density at radius 1 is 1.38 bits per heavy atom. The lowest BCUT2D eigenvalue weighted by Gasteiger charge is -2.24. The molecule has 1 unspecified atom stereocenters. The summed E-state index contributed by atoms with van der Waals surface area (Å²) in [6.07, 6.45) is 6.58. The molecule has 0 radical (unpaired) electrons. The summed E-state index contributed by atoms with van der Waals surface area (Å²) in [5.74, 6) is 0.0919. The van der Waals surface area contributed by atoms with Crippen molar-refractivity contribution in [1.82, 2.24) is 5.32 Å². The Hall–Kier alpha value is -0.570. The maximum absolute atomic E-state index is 10.5. The van der Waals surface area contributed by atoms with Crippen LogP contribution in [0.25, 0.3) is 0 Å². The maximum Gasteiger partial charge on any atom is 0.304 e. The summed E-state index contributed by atoms with van der Waals surface area (Å²) in [6.45, 7) is 0. The number of hydrogen-bond donors (Lipinski definition) is 2. The van der Waals surface area contributed by atoms with Crippen LogP contribution in [0.1, 0.15) is 38.5 Å². The molecule has 13 heavy (non-hydrogen) atoms. The fraction of sp³-hybridized carbons (Fsp3) is 0.900. The lowest BCUT2D eigenvalue weighted by Crippen LogP contribution is -2.33. The molecule has 1 aliphatic carbocycles. The Bertz CT molecular complexity index is 191. The van der Waals surface area contributed by atoms with Crippen LogP contribution in [0, 0.1) is 5.92 Å². The molecule has 0 amide bonds. The molecule has 0 spiro atoms. The molecule has 3 nitrogen and oxygen atoms in total. The zero-order valence-electron chi connectivity index (χ0n) is 7.83. The van der Waals surface area contributed by atoms with Gasteiger partial charge in [0.05, 0.1) is 6.42 Å². The summed E-state index contributed by atoms with van der Waals surface area (Å²) < 4.78 is 0.